The average molecular weight is 274 g/mol. The minimum atomic E-state index is -0.161. The SMILES string of the molecule is CCNc1cnn(Cc2cc(OC)cc(C)n2)c(=O)c1. The fraction of sp³-hybridized carbons (Fsp3) is 0.357. The third-order valence-electron chi connectivity index (χ3n) is 2.78. The van der Waals surface area contributed by atoms with Crippen molar-refractivity contribution in [3.8, 4) is 5.75 Å². The molecule has 6 heteroatoms. The zero-order valence-electron chi connectivity index (χ0n) is 11.9. The van der Waals surface area contributed by atoms with Crippen LogP contribution >= 0.6 is 0 Å². The van der Waals surface area contributed by atoms with Gasteiger partial charge in [0, 0.05) is 30.4 Å². The molecule has 0 aliphatic rings. The molecule has 2 aromatic rings. The number of hydrogen-bond donors (Lipinski definition) is 1. The van der Waals surface area contributed by atoms with E-state index in [2.05, 4.69) is 15.4 Å². The first-order valence-corrected chi connectivity index (χ1v) is 6.45. The lowest BCUT2D eigenvalue weighted by Gasteiger charge is -2.08. The third-order valence-corrected chi connectivity index (χ3v) is 2.78. The summed E-state index contributed by atoms with van der Waals surface area (Å²) in [4.78, 5) is 16.3. The van der Waals surface area contributed by atoms with E-state index in [-0.39, 0.29) is 5.56 Å². The molecule has 0 aromatic carbocycles. The molecule has 0 bridgehead atoms. The van der Waals surface area contributed by atoms with Crippen molar-refractivity contribution in [1.82, 2.24) is 14.8 Å². The van der Waals surface area contributed by atoms with Crippen LogP contribution in [0.1, 0.15) is 18.3 Å². The standard InChI is InChI=1S/C14H18N4O2/c1-4-15-11-7-14(19)18(16-8-11)9-12-6-13(20-3)5-10(2)17-12/h5-8,15H,4,9H2,1-3H3. The van der Waals surface area contributed by atoms with Crippen molar-refractivity contribution in [2.45, 2.75) is 20.4 Å². The van der Waals surface area contributed by atoms with Gasteiger partial charge in [0.25, 0.3) is 5.56 Å². The van der Waals surface area contributed by atoms with Crippen LogP contribution in [0.15, 0.2) is 29.2 Å². The van der Waals surface area contributed by atoms with Crippen molar-refractivity contribution in [3.05, 3.63) is 46.1 Å². The minimum absolute atomic E-state index is 0.161. The van der Waals surface area contributed by atoms with Gasteiger partial charge >= 0.3 is 0 Å². The lowest BCUT2D eigenvalue weighted by molar-refractivity contribution is 0.412. The molecule has 0 unspecified atom stereocenters. The Kier molecular flexibility index (Phi) is 4.34. The molecule has 0 fully saturated rings. The van der Waals surface area contributed by atoms with E-state index in [1.165, 1.54) is 10.7 Å². The molecular formula is C14H18N4O2. The van der Waals surface area contributed by atoms with Crippen LogP contribution in [0.5, 0.6) is 5.75 Å². The number of aryl methyl sites for hydroxylation is 1. The maximum Gasteiger partial charge on any atom is 0.269 e. The Morgan fingerprint density at radius 3 is 2.80 bits per heavy atom. The average Bonchev–Trinajstić information content (AvgIpc) is 2.41. The summed E-state index contributed by atoms with van der Waals surface area (Å²) in [6.45, 7) is 4.93. The third kappa shape index (κ3) is 3.34. The van der Waals surface area contributed by atoms with Crippen LogP contribution in [-0.4, -0.2) is 28.4 Å². The largest absolute Gasteiger partial charge is 0.497 e. The van der Waals surface area contributed by atoms with E-state index in [1.54, 1.807) is 19.4 Å². The van der Waals surface area contributed by atoms with E-state index in [9.17, 15) is 4.79 Å². The predicted octanol–water partition coefficient (Wildman–Crippen LogP) is 1.44. The Morgan fingerprint density at radius 1 is 1.35 bits per heavy atom. The highest BCUT2D eigenvalue weighted by Gasteiger charge is 2.05. The number of aromatic nitrogens is 3. The molecular weight excluding hydrogens is 256 g/mol. The quantitative estimate of drug-likeness (QED) is 0.893. The van der Waals surface area contributed by atoms with Crippen molar-refractivity contribution in [1.29, 1.82) is 0 Å². The second kappa shape index (κ2) is 6.18. The van der Waals surface area contributed by atoms with Gasteiger partial charge in [-0.1, -0.05) is 0 Å². The number of nitrogens with zero attached hydrogens (tertiary/aromatic N) is 3. The van der Waals surface area contributed by atoms with Crippen molar-refractivity contribution < 1.29 is 4.74 Å². The summed E-state index contributed by atoms with van der Waals surface area (Å²) in [7, 11) is 1.61. The van der Waals surface area contributed by atoms with Crippen molar-refractivity contribution in [2.24, 2.45) is 0 Å². The van der Waals surface area contributed by atoms with E-state index >= 15 is 0 Å². The minimum Gasteiger partial charge on any atom is -0.497 e. The van der Waals surface area contributed by atoms with Crippen LogP contribution in [0.25, 0.3) is 0 Å². The number of methoxy groups -OCH3 is 1. The lowest BCUT2D eigenvalue weighted by atomic mass is 10.3. The Morgan fingerprint density at radius 2 is 2.15 bits per heavy atom. The zero-order valence-corrected chi connectivity index (χ0v) is 11.9. The van der Waals surface area contributed by atoms with E-state index in [1.807, 2.05) is 19.9 Å². The first kappa shape index (κ1) is 14.0. The maximum atomic E-state index is 12.0. The predicted molar refractivity (Wildman–Crippen MR) is 77.3 cm³/mol. The van der Waals surface area contributed by atoms with E-state index in [4.69, 9.17) is 4.74 Å². The normalized spacial score (nSPS) is 10.3. The molecule has 0 spiro atoms. The number of ether oxygens (including phenoxy) is 1. The van der Waals surface area contributed by atoms with E-state index < -0.39 is 0 Å². The second-order valence-electron chi connectivity index (χ2n) is 4.41. The molecule has 0 atom stereocenters. The maximum absolute atomic E-state index is 12.0. The Hall–Kier alpha value is -2.37. The number of pyridine rings is 1. The molecule has 0 aliphatic heterocycles. The van der Waals surface area contributed by atoms with Gasteiger partial charge in [-0.05, 0) is 13.8 Å². The first-order valence-electron chi connectivity index (χ1n) is 6.45. The fourth-order valence-corrected chi connectivity index (χ4v) is 1.91. The summed E-state index contributed by atoms with van der Waals surface area (Å²) >= 11 is 0. The smallest absolute Gasteiger partial charge is 0.269 e. The van der Waals surface area contributed by atoms with Gasteiger partial charge in [-0.25, -0.2) is 4.68 Å². The van der Waals surface area contributed by atoms with Gasteiger partial charge in [0.05, 0.1) is 31.2 Å². The molecule has 0 amide bonds. The number of rotatable bonds is 5. The number of hydrogen-bond acceptors (Lipinski definition) is 5. The van der Waals surface area contributed by atoms with E-state index in [0.717, 1.165) is 29.4 Å². The molecule has 2 aromatic heterocycles. The molecule has 6 nitrogen and oxygen atoms in total. The van der Waals surface area contributed by atoms with Gasteiger partial charge in [-0.15, -0.1) is 0 Å². The second-order valence-corrected chi connectivity index (χ2v) is 4.41. The summed E-state index contributed by atoms with van der Waals surface area (Å²) in [6.07, 6.45) is 1.64. The molecule has 2 rings (SSSR count). The highest BCUT2D eigenvalue weighted by atomic mass is 16.5. The van der Waals surface area contributed by atoms with Crippen LogP contribution < -0.4 is 15.6 Å². The van der Waals surface area contributed by atoms with Crippen molar-refractivity contribution in [2.75, 3.05) is 19.0 Å². The summed E-state index contributed by atoms with van der Waals surface area (Å²) in [5.74, 6) is 0.727. The van der Waals surface area contributed by atoms with Crippen molar-refractivity contribution >= 4 is 5.69 Å². The lowest BCUT2D eigenvalue weighted by Crippen LogP contribution is -2.23. The topological polar surface area (TPSA) is 69.0 Å². The zero-order chi connectivity index (χ0) is 14.5. The molecule has 20 heavy (non-hydrogen) atoms. The number of anilines is 1. The van der Waals surface area contributed by atoms with Crippen LogP contribution in [0, 0.1) is 6.92 Å². The highest BCUT2D eigenvalue weighted by molar-refractivity contribution is 5.38. The van der Waals surface area contributed by atoms with Crippen LogP contribution in [0.4, 0.5) is 5.69 Å². The van der Waals surface area contributed by atoms with Gasteiger partial charge in [0.15, 0.2) is 0 Å². The van der Waals surface area contributed by atoms with Gasteiger partial charge in [0.1, 0.15) is 5.75 Å². The van der Waals surface area contributed by atoms with Crippen LogP contribution in [0.2, 0.25) is 0 Å². The van der Waals surface area contributed by atoms with Gasteiger partial charge in [-0.3, -0.25) is 9.78 Å². The Balaban J connectivity index is 2.26. The Bertz CT molecular complexity index is 652. The van der Waals surface area contributed by atoms with E-state index in [0.29, 0.717) is 6.54 Å². The molecule has 0 aliphatic carbocycles. The van der Waals surface area contributed by atoms with Crippen molar-refractivity contribution in [3.63, 3.8) is 0 Å². The number of nitrogens with one attached hydrogen (secondary N) is 1. The van der Waals surface area contributed by atoms with Gasteiger partial charge < -0.3 is 10.1 Å². The van der Waals surface area contributed by atoms with Crippen LogP contribution in [0.3, 0.4) is 0 Å². The summed E-state index contributed by atoms with van der Waals surface area (Å²) in [5.41, 5.74) is 2.15. The highest BCUT2D eigenvalue weighted by Crippen LogP contribution is 2.13. The molecule has 0 radical (unpaired) electrons. The summed E-state index contributed by atoms with van der Waals surface area (Å²) < 4.78 is 6.57. The van der Waals surface area contributed by atoms with Gasteiger partial charge in [0.2, 0.25) is 0 Å². The molecule has 0 saturated heterocycles. The molecule has 2 heterocycles. The molecule has 0 saturated carbocycles. The van der Waals surface area contributed by atoms with Crippen LogP contribution in [-0.2, 0) is 6.54 Å². The Labute approximate surface area is 117 Å². The summed E-state index contributed by atoms with van der Waals surface area (Å²) in [5, 5.41) is 7.19. The monoisotopic (exact) mass is 274 g/mol. The fourth-order valence-electron chi connectivity index (χ4n) is 1.91. The first-order chi connectivity index (χ1) is 9.62. The molecule has 106 valence electrons. The molecule has 1 N–H and O–H groups in total. The summed E-state index contributed by atoms with van der Waals surface area (Å²) in [6, 6.07) is 5.18. The van der Waals surface area contributed by atoms with Gasteiger partial charge in [-0.2, -0.15) is 5.10 Å².